The van der Waals surface area contributed by atoms with Gasteiger partial charge in [0.1, 0.15) is 11.6 Å². The van der Waals surface area contributed by atoms with E-state index in [1.54, 1.807) is 0 Å². The van der Waals surface area contributed by atoms with Crippen LogP contribution < -0.4 is 9.80 Å². The number of benzene rings is 1. The molecule has 0 bridgehead atoms. The Balaban J connectivity index is 1.50. The molecular weight excluding hydrogens is 336 g/mol. The van der Waals surface area contributed by atoms with Crippen molar-refractivity contribution in [3.05, 3.63) is 46.9 Å². The van der Waals surface area contributed by atoms with Crippen molar-refractivity contribution < 1.29 is 0 Å². The number of rotatable bonds is 2. The summed E-state index contributed by atoms with van der Waals surface area (Å²) >= 11 is 0. The minimum atomic E-state index is 0.436. The van der Waals surface area contributed by atoms with Gasteiger partial charge in [0, 0.05) is 36.9 Å². The Morgan fingerprint density at radius 3 is 2.78 bits per heavy atom. The summed E-state index contributed by atoms with van der Waals surface area (Å²) in [6, 6.07) is 9.26. The SMILES string of the molecule is Cc1cccc(N2CCN(c3c4c(nc5nc(C)nn35)CCC4)C[C@H]2C)c1. The molecule has 0 spiro atoms. The highest BCUT2D eigenvalue weighted by Crippen LogP contribution is 2.32. The van der Waals surface area contributed by atoms with Crippen molar-refractivity contribution >= 4 is 17.3 Å². The highest BCUT2D eigenvalue weighted by atomic mass is 15.4. The van der Waals surface area contributed by atoms with Crippen LogP contribution in [0, 0.1) is 13.8 Å². The average Bonchev–Trinajstić information content (AvgIpc) is 3.24. The topological polar surface area (TPSA) is 49.6 Å². The predicted molar refractivity (Wildman–Crippen MR) is 108 cm³/mol. The molecule has 1 aliphatic carbocycles. The zero-order valence-electron chi connectivity index (χ0n) is 16.3. The van der Waals surface area contributed by atoms with Crippen molar-refractivity contribution in [1.29, 1.82) is 0 Å². The van der Waals surface area contributed by atoms with Gasteiger partial charge in [0.2, 0.25) is 0 Å². The summed E-state index contributed by atoms with van der Waals surface area (Å²) in [5.41, 5.74) is 5.24. The van der Waals surface area contributed by atoms with Crippen LogP contribution in [0.1, 0.15) is 36.0 Å². The standard InChI is InChI=1S/C21H26N6/c1-14-6-4-7-17(12-14)26-11-10-25(13-15(26)2)20-18-8-5-9-19(18)23-21-22-16(3)24-27(20)21/h4,6-7,12,15H,5,8-11,13H2,1-3H3/t15-/m1/s1. The monoisotopic (exact) mass is 362 g/mol. The fourth-order valence-corrected chi connectivity index (χ4v) is 4.62. The lowest BCUT2D eigenvalue weighted by Crippen LogP contribution is -2.53. The van der Waals surface area contributed by atoms with Crippen LogP contribution in [0.2, 0.25) is 0 Å². The second kappa shape index (κ2) is 6.22. The average molecular weight is 362 g/mol. The maximum absolute atomic E-state index is 4.78. The fourth-order valence-electron chi connectivity index (χ4n) is 4.62. The maximum atomic E-state index is 4.78. The van der Waals surface area contributed by atoms with E-state index < -0.39 is 0 Å². The molecule has 0 unspecified atom stereocenters. The summed E-state index contributed by atoms with van der Waals surface area (Å²) in [5, 5.41) is 4.67. The second-order valence-electron chi connectivity index (χ2n) is 7.91. The van der Waals surface area contributed by atoms with E-state index in [1.807, 2.05) is 11.4 Å². The van der Waals surface area contributed by atoms with Crippen LogP contribution in [0.5, 0.6) is 0 Å². The van der Waals surface area contributed by atoms with E-state index in [2.05, 4.69) is 58.0 Å². The summed E-state index contributed by atoms with van der Waals surface area (Å²) < 4.78 is 1.98. The third-order valence-corrected chi connectivity index (χ3v) is 5.85. The summed E-state index contributed by atoms with van der Waals surface area (Å²) in [6.07, 6.45) is 3.34. The summed E-state index contributed by atoms with van der Waals surface area (Å²) in [6.45, 7) is 9.41. The molecule has 0 N–H and O–H groups in total. The van der Waals surface area contributed by atoms with Crippen LogP contribution in [0.3, 0.4) is 0 Å². The molecule has 2 aromatic heterocycles. The first-order valence-corrected chi connectivity index (χ1v) is 9.93. The molecule has 1 aromatic carbocycles. The number of anilines is 2. The number of nitrogens with zero attached hydrogens (tertiary/aromatic N) is 6. The molecule has 3 aromatic rings. The number of piperazine rings is 1. The Bertz CT molecular complexity index is 1010. The first kappa shape index (κ1) is 16.5. The van der Waals surface area contributed by atoms with Gasteiger partial charge in [-0.05, 0) is 57.7 Å². The van der Waals surface area contributed by atoms with E-state index >= 15 is 0 Å². The summed E-state index contributed by atoms with van der Waals surface area (Å²) in [5.74, 6) is 2.76. The lowest BCUT2D eigenvalue weighted by molar-refractivity contribution is 0.542. The van der Waals surface area contributed by atoms with Gasteiger partial charge in [-0.15, -0.1) is 5.10 Å². The molecule has 1 aliphatic heterocycles. The molecule has 140 valence electrons. The van der Waals surface area contributed by atoms with Crippen LogP contribution >= 0.6 is 0 Å². The lowest BCUT2D eigenvalue weighted by Gasteiger charge is -2.42. The highest BCUT2D eigenvalue weighted by Gasteiger charge is 2.30. The molecule has 27 heavy (non-hydrogen) atoms. The zero-order valence-corrected chi connectivity index (χ0v) is 16.3. The minimum Gasteiger partial charge on any atom is -0.365 e. The molecule has 0 amide bonds. The minimum absolute atomic E-state index is 0.436. The number of hydrogen-bond donors (Lipinski definition) is 0. The largest absolute Gasteiger partial charge is 0.365 e. The lowest BCUT2D eigenvalue weighted by atomic mass is 10.1. The van der Waals surface area contributed by atoms with Gasteiger partial charge in [-0.2, -0.15) is 9.50 Å². The second-order valence-corrected chi connectivity index (χ2v) is 7.91. The first-order valence-electron chi connectivity index (χ1n) is 9.93. The van der Waals surface area contributed by atoms with E-state index in [9.17, 15) is 0 Å². The predicted octanol–water partition coefficient (Wildman–Crippen LogP) is 2.94. The van der Waals surface area contributed by atoms with Crippen molar-refractivity contribution in [1.82, 2.24) is 19.6 Å². The van der Waals surface area contributed by atoms with Crippen LogP contribution in [-0.2, 0) is 12.8 Å². The molecule has 2 aliphatic rings. The van der Waals surface area contributed by atoms with E-state index in [4.69, 9.17) is 4.98 Å². The third-order valence-electron chi connectivity index (χ3n) is 5.85. The van der Waals surface area contributed by atoms with Crippen LogP contribution in [-0.4, -0.2) is 45.3 Å². The Hall–Kier alpha value is -2.63. The normalized spacial score (nSPS) is 19.7. The first-order chi connectivity index (χ1) is 13.1. The van der Waals surface area contributed by atoms with Gasteiger partial charge in [0.25, 0.3) is 5.78 Å². The Labute approximate surface area is 159 Å². The Morgan fingerprint density at radius 2 is 1.96 bits per heavy atom. The van der Waals surface area contributed by atoms with Gasteiger partial charge < -0.3 is 9.80 Å². The molecule has 5 rings (SSSR count). The molecule has 1 atom stereocenters. The smallest absolute Gasteiger partial charge is 0.254 e. The third kappa shape index (κ3) is 2.74. The molecule has 0 radical (unpaired) electrons. The molecule has 0 saturated carbocycles. The number of hydrogen-bond acceptors (Lipinski definition) is 5. The molecule has 6 heteroatoms. The molecule has 6 nitrogen and oxygen atoms in total. The Kier molecular flexibility index (Phi) is 3.81. The molecule has 3 heterocycles. The summed E-state index contributed by atoms with van der Waals surface area (Å²) in [4.78, 5) is 14.3. The summed E-state index contributed by atoms with van der Waals surface area (Å²) in [7, 11) is 0. The van der Waals surface area contributed by atoms with E-state index in [1.165, 1.54) is 34.7 Å². The highest BCUT2D eigenvalue weighted by molar-refractivity contribution is 5.59. The van der Waals surface area contributed by atoms with Crippen LogP contribution in [0.25, 0.3) is 5.78 Å². The maximum Gasteiger partial charge on any atom is 0.254 e. The fraction of sp³-hybridized carbons (Fsp3) is 0.476. The van der Waals surface area contributed by atoms with Gasteiger partial charge in [-0.25, -0.2) is 4.98 Å². The molecule has 1 saturated heterocycles. The van der Waals surface area contributed by atoms with E-state index in [-0.39, 0.29) is 0 Å². The van der Waals surface area contributed by atoms with Crippen LogP contribution in [0.15, 0.2) is 24.3 Å². The van der Waals surface area contributed by atoms with E-state index in [0.29, 0.717) is 6.04 Å². The van der Waals surface area contributed by atoms with Gasteiger partial charge in [0.05, 0.1) is 5.69 Å². The van der Waals surface area contributed by atoms with Crippen molar-refractivity contribution in [2.24, 2.45) is 0 Å². The molecular formula is C21H26N6. The quantitative estimate of drug-likeness (QED) is 0.701. The van der Waals surface area contributed by atoms with Crippen molar-refractivity contribution in [2.75, 3.05) is 29.4 Å². The van der Waals surface area contributed by atoms with Gasteiger partial charge in [0.15, 0.2) is 0 Å². The Morgan fingerprint density at radius 1 is 1.07 bits per heavy atom. The molecule has 1 fully saturated rings. The van der Waals surface area contributed by atoms with Crippen molar-refractivity contribution in [3.63, 3.8) is 0 Å². The number of aryl methyl sites for hydroxylation is 3. The number of aromatic nitrogens is 4. The van der Waals surface area contributed by atoms with Crippen LogP contribution in [0.4, 0.5) is 11.5 Å². The van der Waals surface area contributed by atoms with Gasteiger partial charge in [-0.1, -0.05) is 12.1 Å². The van der Waals surface area contributed by atoms with Gasteiger partial charge in [-0.3, -0.25) is 0 Å². The van der Waals surface area contributed by atoms with E-state index in [0.717, 1.165) is 44.1 Å². The van der Waals surface area contributed by atoms with Crippen molar-refractivity contribution in [2.45, 2.75) is 46.1 Å². The van der Waals surface area contributed by atoms with Crippen molar-refractivity contribution in [3.8, 4) is 0 Å². The number of fused-ring (bicyclic) bond motifs is 2. The van der Waals surface area contributed by atoms with Gasteiger partial charge >= 0.3 is 0 Å². The zero-order chi connectivity index (χ0) is 18.5.